The number of hydrogen-bond acceptors (Lipinski definition) is 4. The third-order valence-corrected chi connectivity index (χ3v) is 4.81. The number of rotatable bonds is 4. The largest absolute Gasteiger partial charge is 0.351 e. The average molecular weight is 371 g/mol. The molecular formula is C18H18FN5O3. The summed E-state index contributed by atoms with van der Waals surface area (Å²) in [6, 6.07) is 4.75. The minimum absolute atomic E-state index is 0.113. The van der Waals surface area contributed by atoms with Crippen LogP contribution in [0.5, 0.6) is 0 Å². The Hall–Kier alpha value is -3.23. The van der Waals surface area contributed by atoms with Crippen molar-refractivity contribution in [3.63, 3.8) is 0 Å². The summed E-state index contributed by atoms with van der Waals surface area (Å²) in [5.74, 6) is -0.729. The molecule has 1 aliphatic rings. The van der Waals surface area contributed by atoms with Crippen molar-refractivity contribution in [3.05, 3.63) is 62.8 Å². The molecule has 8 nitrogen and oxygen atoms in total. The van der Waals surface area contributed by atoms with Gasteiger partial charge in [-0.25, -0.2) is 14.2 Å². The van der Waals surface area contributed by atoms with E-state index in [1.807, 2.05) is 0 Å². The summed E-state index contributed by atoms with van der Waals surface area (Å²) < 4.78 is 17.0. The Morgan fingerprint density at radius 1 is 1.19 bits per heavy atom. The number of imidazole rings is 1. The first-order valence-electron chi connectivity index (χ1n) is 8.57. The van der Waals surface area contributed by atoms with Crippen LogP contribution in [0.2, 0.25) is 0 Å². The predicted molar refractivity (Wildman–Crippen MR) is 95.9 cm³/mol. The Morgan fingerprint density at radius 2 is 1.85 bits per heavy atom. The lowest BCUT2D eigenvalue weighted by Crippen LogP contribution is -2.39. The number of carbonyl (C=O) groups is 1. The number of benzene rings is 1. The number of aromatic nitrogens is 4. The second kappa shape index (κ2) is 6.19. The van der Waals surface area contributed by atoms with Crippen molar-refractivity contribution in [1.29, 1.82) is 0 Å². The lowest BCUT2D eigenvalue weighted by atomic mass is 10.1. The summed E-state index contributed by atoms with van der Waals surface area (Å²) in [7, 11) is 2.89. The third kappa shape index (κ3) is 2.84. The Balaban J connectivity index is 1.95. The van der Waals surface area contributed by atoms with Gasteiger partial charge in [-0.3, -0.25) is 18.7 Å². The van der Waals surface area contributed by atoms with Crippen LogP contribution in [0, 0.1) is 5.82 Å². The number of nitrogens with zero attached hydrogens (tertiary/aromatic N) is 4. The molecule has 0 spiro atoms. The summed E-state index contributed by atoms with van der Waals surface area (Å²) in [6.45, 7) is 0. The van der Waals surface area contributed by atoms with E-state index in [1.165, 1.54) is 53.8 Å². The molecule has 0 radical (unpaired) electrons. The van der Waals surface area contributed by atoms with Crippen molar-refractivity contribution in [2.24, 2.45) is 14.1 Å². The van der Waals surface area contributed by atoms with Crippen LogP contribution in [0.15, 0.2) is 40.2 Å². The van der Waals surface area contributed by atoms with Gasteiger partial charge >= 0.3 is 5.69 Å². The van der Waals surface area contributed by atoms with Crippen molar-refractivity contribution in [2.75, 3.05) is 0 Å². The summed E-state index contributed by atoms with van der Waals surface area (Å²) in [5.41, 5.74) is -0.200. The number of aryl methyl sites for hydroxylation is 1. The van der Waals surface area contributed by atoms with Gasteiger partial charge in [-0.2, -0.15) is 0 Å². The van der Waals surface area contributed by atoms with Gasteiger partial charge in [0.25, 0.3) is 5.56 Å². The zero-order valence-electron chi connectivity index (χ0n) is 14.8. The summed E-state index contributed by atoms with van der Waals surface area (Å²) in [6.07, 6.45) is 3.18. The number of nitrogens with one attached hydrogen (secondary N) is 1. The fourth-order valence-electron chi connectivity index (χ4n) is 3.15. The standard InChI is InChI=1S/C18H18FN5O3/c1-22-15-14(17(26)23(2)18(22)27)24(9-20-15)13(16(25)21-12-7-8-12)10-3-5-11(19)6-4-10/h3-6,9,12-13H,7-8H2,1-2H3,(H,21,25). The van der Waals surface area contributed by atoms with Gasteiger partial charge in [-0.1, -0.05) is 12.1 Å². The van der Waals surface area contributed by atoms with Gasteiger partial charge in [0.1, 0.15) is 11.9 Å². The number of halogens is 1. The molecule has 0 bridgehead atoms. The molecule has 0 aliphatic heterocycles. The molecule has 1 aliphatic carbocycles. The highest BCUT2D eigenvalue weighted by atomic mass is 19.1. The highest BCUT2D eigenvalue weighted by molar-refractivity contribution is 5.86. The molecular weight excluding hydrogens is 353 g/mol. The molecule has 27 heavy (non-hydrogen) atoms. The normalized spacial score (nSPS) is 15.1. The monoisotopic (exact) mass is 371 g/mol. The van der Waals surface area contributed by atoms with Gasteiger partial charge < -0.3 is 9.88 Å². The van der Waals surface area contributed by atoms with Gasteiger partial charge in [0.15, 0.2) is 11.2 Å². The summed E-state index contributed by atoms with van der Waals surface area (Å²) in [4.78, 5) is 42.0. The van der Waals surface area contributed by atoms with Gasteiger partial charge in [0.05, 0.1) is 6.33 Å². The molecule has 4 rings (SSSR count). The first-order chi connectivity index (χ1) is 12.9. The molecule has 2 aromatic heterocycles. The van der Waals surface area contributed by atoms with Crippen molar-refractivity contribution in [1.82, 2.24) is 24.0 Å². The maximum atomic E-state index is 13.4. The molecule has 1 amide bonds. The molecule has 1 saturated carbocycles. The van der Waals surface area contributed by atoms with Crippen molar-refractivity contribution < 1.29 is 9.18 Å². The number of hydrogen-bond donors (Lipinski definition) is 1. The van der Waals surface area contributed by atoms with Gasteiger partial charge in [-0.05, 0) is 30.5 Å². The first kappa shape index (κ1) is 17.2. The minimum atomic E-state index is -0.901. The third-order valence-electron chi connectivity index (χ3n) is 4.81. The van der Waals surface area contributed by atoms with Crippen LogP contribution in [0.3, 0.4) is 0 Å². The zero-order valence-corrected chi connectivity index (χ0v) is 14.8. The van der Waals surface area contributed by atoms with E-state index in [0.717, 1.165) is 17.4 Å². The SMILES string of the molecule is Cn1c(=O)c2c(ncn2C(C(=O)NC2CC2)c2ccc(F)cc2)n(C)c1=O. The van der Waals surface area contributed by atoms with E-state index in [-0.39, 0.29) is 23.1 Å². The Kier molecular flexibility index (Phi) is 3.94. The van der Waals surface area contributed by atoms with Crippen LogP contribution >= 0.6 is 0 Å². The van der Waals surface area contributed by atoms with E-state index in [4.69, 9.17) is 0 Å². The second-order valence-electron chi connectivity index (χ2n) is 6.77. The Morgan fingerprint density at radius 3 is 2.48 bits per heavy atom. The molecule has 1 aromatic carbocycles. The van der Waals surface area contributed by atoms with Crippen molar-refractivity contribution in [3.8, 4) is 0 Å². The van der Waals surface area contributed by atoms with E-state index < -0.39 is 23.1 Å². The Bertz CT molecular complexity index is 1150. The van der Waals surface area contributed by atoms with Crippen LogP contribution in [0.1, 0.15) is 24.4 Å². The smallest absolute Gasteiger partial charge is 0.332 e. The van der Waals surface area contributed by atoms with Crippen LogP contribution in [0.25, 0.3) is 11.2 Å². The quantitative estimate of drug-likeness (QED) is 0.721. The Labute approximate surface area is 152 Å². The summed E-state index contributed by atoms with van der Waals surface area (Å²) in [5, 5.41) is 2.92. The molecule has 9 heteroatoms. The minimum Gasteiger partial charge on any atom is -0.351 e. The maximum absolute atomic E-state index is 13.4. The molecule has 0 saturated heterocycles. The zero-order chi connectivity index (χ0) is 19.3. The van der Waals surface area contributed by atoms with Gasteiger partial charge in [0, 0.05) is 20.1 Å². The molecule has 1 fully saturated rings. The predicted octanol–water partition coefficient (Wildman–Crippen LogP) is 0.441. The van der Waals surface area contributed by atoms with E-state index in [1.54, 1.807) is 0 Å². The van der Waals surface area contributed by atoms with Gasteiger partial charge in [-0.15, -0.1) is 0 Å². The van der Waals surface area contributed by atoms with Crippen LogP contribution in [-0.2, 0) is 18.9 Å². The van der Waals surface area contributed by atoms with Crippen LogP contribution in [-0.4, -0.2) is 30.6 Å². The topological polar surface area (TPSA) is 90.9 Å². The lowest BCUT2D eigenvalue weighted by molar-refractivity contribution is -0.123. The molecule has 1 unspecified atom stereocenters. The molecule has 3 aromatic rings. The van der Waals surface area contributed by atoms with Gasteiger partial charge in [0.2, 0.25) is 5.91 Å². The molecule has 2 heterocycles. The van der Waals surface area contributed by atoms with E-state index in [0.29, 0.717) is 5.56 Å². The molecule has 1 N–H and O–H groups in total. The fraction of sp³-hybridized carbons (Fsp3) is 0.333. The second-order valence-corrected chi connectivity index (χ2v) is 6.77. The van der Waals surface area contributed by atoms with E-state index >= 15 is 0 Å². The maximum Gasteiger partial charge on any atom is 0.332 e. The molecule has 140 valence electrons. The fourth-order valence-corrected chi connectivity index (χ4v) is 3.15. The lowest BCUT2D eigenvalue weighted by Gasteiger charge is -2.19. The van der Waals surface area contributed by atoms with Crippen LogP contribution < -0.4 is 16.6 Å². The number of amides is 1. The highest BCUT2D eigenvalue weighted by Gasteiger charge is 2.31. The van der Waals surface area contributed by atoms with Crippen LogP contribution in [0.4, 0.5) is 4.39 Å². The van der Waals surface area contributed by atoms with Crippen molar-refractivity contribution >= 4 is 17.1 Å². The number of fused-ring (bicyclic) bond motifs is 1. The number of carbonyl (C=O) groups excluding carboxylic acids is 1. The van der Waals surface area contributed by atoms with E-state index in [9.17, 15) is 18.8 Å². The van der Waals surface area contributed by atoms with Crippen molar-refractivity contribution in [2.45, 2.75) is 24.9 Å². The highest BCUT2D eigenvalue weighted by Crippen LogP contribution is 2.25. The average Bonchev–Trinajstić information content (AvgIpc) is 3.36. The first-order valence-corrected chi connectivity index (χ1v) is 8.57. The van der Waals surface area contributed by atoms with E-state index in [2.05, 4.69) is 10.3 Å². The summed E-state index contributed by atoms with van der Waals surface area (Å²) >= 11 is 0. The molecule has 1 atom stereocenters.